The van der Waals surface area contributed by atoms with E-state index in [9.17, 15) is 9.90 Å². The summed E-state index contributed by atoms with van der Waals surface area (Å²) < 4.78 is 16.0. The molecule has 0 heterocycles. The molecule has 1 N–H and O–H groups in total. The van der Waals surface area contributed by atoms with E-state index >= 15 is 0 Å². The lowest BCUT2D eigenvalue weighted by Gasteiger charge is -2.14. The maximum Gasteiger partial charge on any atom is 0.336 e. The largest absolute Gasteiger partial charge is 0.493 e. The van der Waals surface area contributed by atoms with Crippen LogP contribution in [-0.2, 0) is 4.79 Å². The van der Waals surface area contributed by atoms with E-state index in [-0.39, 0.29) is 5.57 Å². The van der Waals surface area contributed by atoms with Crippen LogP contribution in [0.25, 0.3) is 11.6 Å². The van der Waals surface area contributed by atoms with E-state index in [1.165, 1.54) is 21.3 Å². The Labute approximate surface area is 147 Å². The minimum absolute atomic E-state index is 0.204. The predicted molar refractivity (Wildman–Crippen MR) is 97.5 cm³/mol. The molecule has 0 saturated carbocycles. The number of hydrogen-bond acceptors (Lipinski definition) is 4. The van der Waals surface area contributed by atoms with Crippen LogP contribution in [0.2, 0.25) is 0 Å². The lowest BCUT2D eigenvalue weighted by atomic mass is 9.96. The number of carbonyl (C=O) groups is 1. The van der Waals surface area contributed by atoms with Gasteiger partial charge in [0.15, 0.2) is 11.5 Å². The van der Waals surface area contributed by atoms with Crippen molar-refractivity contribution in [2.45, 2.75) is 13.8 Å². The lowest BCUT2D eigenvalue weighted by molar-refractivity contribution is -0.130. The van der Waals surface area contributed by atoms with Gasteiger partial charge in [0.2, 0.25) is 5.75 Å². The van der Waals surface area contributed by atoms with Crippen molar-refractivity contribution in [3.63, 3.8) is 0 Å². The topological polar surface area (TPSA) is 65.0 Å². The Morgan fingerprint density at radius 3 is 2.04 bits per heavy atom. The molecule has 0 bridgehead atoms. The highest BCUT2D eigenvalue weighted by Gasteiger charge is 2.16. The van der Waals surface area contributed by atoms with E-state index < -0.39 is 5.97 Å². The van der Waals surface area contributed by atoms with Crippen LogP contribution in [0.3, 0.4) is 0 Å². The number of carboxylic acids is 1. The summed E-state index contributed by atoms with van der Waals surface area (Å²) in [5.74, 6) is 0.408. The highest BCUT2D eigenvalue weighted by atomic mass is 16.5. The summed E-state index contributed by atoms with van der Waals surface area (Å²) in [7, 11) is 4.57. The number of carboxylic acid groups (broad SMARTS) is 1. The molecule has 0 fully saturated rings. The van der Waals surface area contributed by atoms with Crippen molar-refractivity contribution in [1.82, 2.24) is 0 Å². The Kier molecular flexibility index (Phi) is 5.70. The number of benzene rings is 2. The molecule has 5 heteroatoms. The predicted octanol–water partition coefficient (Wildman–Crippen LogP) is 3.95. The molecule has 0 radical (unpaired) electrons. The Hall–Kier alpha value is -2.95. The second-order valence-corrected chi connectivity index (χ2v) is 5.64. The standard InChI is InChI=1S/C20H22O5/c1-12-6-7-13(2)15(8-12)16(20(21)22)9-14-10-17(23-3)19(25-5)18(11-14)24-4/h6-11H,1-5H3,(H,21,22)/b16-9-. The van der Waals surface area contributed by atoms with Crippen molar-refractivity contribution in [2.75, 3.05) is 21.3 Å². The van der Waals surface area contributed by atoms with Crippen LogP contribution in [0.4, 0.5) is 0 Å². The maximum atomic E-state index is 11.8. The first-order valence-corrected chi connectivity index (χ1v) is 7.73. The molecule has 132 valence electrons. The van der Waals surface area contributed by atoms with Gasteiger partial charge in [-0.1, -0.05) is 23.8 Å². The quantitative estimate of drug-likeness (QED) is 0.636. The van der Waals surface area contributed by atoms with Gasteiger partial charge in [-0.25, -0.2) is 4.79 Å². The third kappa shape index (κ3) is 3.94. The van der Waals surface area contributed by atoms with E-state index in [4.69, 9.17) is 14.2 Å². The molecule has 0 amide bonds. The molecule has 0 aliphatic heterocycles. The molecule has 2 aromatic carbocycles. The number of aliphatic carboxylic acids is 1. The maximum absolute atomic E-state index is 11.8. The zero-order chi connectivity index (χ0) is 18.6. The van der Waals surface area contributed by atoms with E-state index in [1.54, 1.807) is 18.2 Å². The van der Waals surface area contributed by atoms with E-state index in [0.29, 0.717) is 28.4 Å². The first-order chi connectivity index (χ1) is 11.9. The fourth-order valence-corrected chi connectivity index (χ4v) is 2.63. The fraction of sp³-hybridized carbons (Fsp3) is 0.250. The van der Waals surface area contributed by atoms with Gasteiger partial charge in [-0.2, -0.15) is 0 Å². The molecule has 0 aliphatic rings. The van der Waals surface area contributed by atoms with Gasteiger partial charge in [0, 0.05) is 0 Å². The van der Waals surface area contributed by atoms with Crippen LogP contribution in [0, 0.1) is 13.8 Å². The molecule has 0 spiro atoms. The van der Waals surface area contributed by atoms with Gasteiger partial charge in [-0.05, 0) is 48.7 Å². The SMILES string of the molecule is COc1cc(/C=C(\C(=O)O)c2cc(C)ccc2C)cc(OC)c1OC. The molecule has 0 saturated heterocycles. The van der Waals surface area contributed by atoms with E-state index in [2.05, 4.69) is 0 Å². The molecular weight excluding hydrogens is 320 g/mol. The van der Waals surface area contributed by atoms with Crippen LogP contribution in [0.15, 0.2) is 30.3 Å². The number of methoxy groups -OCH3 is 3. The van der Waals surface area contributed by atoms with Crippen molar-refractivity contribution >= 4 is 17.6 Å². The number of aryl methyl sites for hydroxylation is 2. The molecule has 0 aromatic heterocycles. The third-order valence-corrected chi connectivity index (χ3v) is 3.91. The summed E-state index contributed by atoms with van der Waals surface area (Å²) in [6.45, 7) is 3.82. The number of hydrogen-bond donors (Lipinski definition) is 1. The van der Waals surface area contributed by atoms with Crippen molar-refractivity contribution in [2.24, 2.45) is 0 Å². The number of ether oxygens (including phenoxy) is 3. The van der Waals surface area contributed by atoms with Gasteiger partial charge in [-0.15, -0.1) is 0 Å². The van der Waals surface area contributed by atoms with Crippen molar-refractivity contribution < 1.29 is 24.1 Å². The second kappa shape index (κ2) is 7.75. The monoisotopic (exact) mass is 342 g/mol. The molecule has 0 atom stereocenters. The van der Waals surface area contributed by atoms with E-state index in [0.717, 1.165) is 11.1 Å². The molecule has 2 aromatic rings. The summed E-state index contributed by atoms with van der Waals surface area (Å²) >= 11 is 0. The van der Waals surface area contributed by atoms with Gasteiger partial charge in [-0.3, -0.25) is 0 Å². The normalized spacial score (nSPS) is 11.2. The van der Waals surface area contributed by atoms with Crippen LogP contribution < -0.4 is 14.2 Å². The average Bonchev–Trinajstić information content (AvgIpc) is 2.60. The number of rotatable bonds is 6. The van der Waals surface area contributed by atoms with Gasteiger partial charge in [0.1, 0.15) is 0 Å². The van der Waals surface area contributed by atoms with E-state index in [1.807, 2.05) is 32.0 Å². The highest BCUT2D eigenvalue weighted by molar-refractivity contribution is 6.21. The Morgan fingerprint density at radius 2 is 1.56 bits per heavy atom. The van der Waals surface area contributed by atoms with Gasteiger partial charge in [0.05, 0.1) is 26.9 Å². The minimum Gasteiger partial charge on any atom is -0.493 e. The third-order valence-electron chi connectivity index (χ3n) is 3.91. The van der Waals surface area contributed by atoms with Gasteiger partial charge in [0.25, 0.3) is 0 Å². The van der Waals surface area contributed by atoms with Crippen LogP contribution in [0.1, 0.15) is 22.3 Å². The van der Waals surface area contributed by atoms with Gasteiger partial charge >= 0.3 is 5.97 Å². The Morgan fingerprint density at radius 1 is 0.960 bits per heavy atom. The summed E-state index contributed by atoms with van der Waals surface area (Å²) in [6.07, 6.45) is 1.61. The molecule has 0 aliphatic carbocycles. The van der Waals surface area contributed by atoms with Gasteiger partial charge < -0.3 is 19.3 Å². The highest BCUT2D eigenvalue weighted by Crippen LogP contribution is 2.39. The molecule has 25 heavy (non-hydrogen) atoms. The summed E-state index contributed by atoms with van der Waals surface area (Å²) in [4.78, 5) is 11.8. The summed E-state index contributed by atoms with van der Waals surface area (Å²) in [5, 5.41) is 9.70. The minimum atomic E-state index is -0.998. The molecular formula is C20H22O5. The van der Waals surface area contributed by atoms with Crippen molar-refractivity contribution in [1.29, 1.82) is 0 Å². The summed E-state index contributed by atoms with van der Waals surface area (Å²) in [5.41, 5.74) is 3.42. The first-order valence-electron chi connectivity index (χ1n) is 7.73. The average molecular weight is 342 g/mol. The lowest BCUT2D eigenvalue weighted by Crippen LogP contribution is -2.02. The van der Waals surface area contributed by atoms with Crippen LogP contribution >= 0.6 is 0 Å². The fourth-order valence-electron chi connectivity index (χ4n) is 2.63. The second-order valence-electron chi connectivity index (χ2n) is 5.64. The molecule has 5 nitrogen and oxygen atoms in total. The smallest absolute Gasteiger partial charge is 0.336 e. The van der Waals surface area contributed by atoms with Crippen molar-refractivity contribution in [3.8, 4) is 17.2 Å². The Bertz CT molecular complexity index is 796. The zero-order valence-electron chi connectivity index (χ0n) is 15.0. The van der Waals surface area contributed by atoms with Crippen LogP contribution in [0.5, 0.6) is 17.2 Å². The Balaban J connectivity index is 2.65. The first kappa shape index (κ1) is 18.4. The van der Waals surface area contributed by atoms with Crippen LogP contribution in [-0.4, -0.2) is 32.4 Å². The molecule has 0 unspecified atom stereocenters. The van der Waals surface area contributed by atoms with Crippen molar-refractivity contribution in [3.05, 3.63) is 52.6 Å². The summed E-state index contributed by atoms with van der Waals surface area (Å²) in [6, 6.07) is 9.17. The molecule has 2 rings (SSSR count). The zero-order valence-corrected chi connectivity index (χ0v) is 15.0.